The summed E-state index contributed by atoms with van der Waals surface area (Å²) in [6.45, 7) is 0.471. The summed E-state index contributed by atoms with van der Waals surface area (Å²) in [4.78, 5) is 11.9. The molecule has 2 aromatic carbocycles. The van der Waals surface area contributed by atoms with Crippen LogP contribution >= 0.6 is 0 Å². The van der Waals surface area contributed by atoms with Gasteiger partial charge in [0.15, 0.2) is 5.78 Å². The first-order chi connectivity index (χ1) is 9.16. The smallest absolute Gasteiger partial charge is 0.176 e. The van der Waals surface area contributed by atoms with E-state index in [1.165, 1.54) is 6.07 Å². The van der Waals surface area contributed by atoms with Crippen LogP contribution in [0.25, 0.3) is 0 Å². The zero-order valence-electron chi connectivity index (χ0n) is 10.4. The van der Waals surface area contributed by atoms with Gasteiger partial charge in [-0.3, -0.25) is 4.79 Å². The first-order valence-corrected chi connectivity index (χ1v) is 5.99. The molecule has 0 heterocycles. The molecule has 0 spiro atoms. The van der Waals surface area contributed by atoms with Crippen molar-refractivity contribution in [2.24, 2.45) is 0 Å². The van der Waals surface area contributed by atoms with Crippen molar-refractivity contribution in [1.82, 2.24) is 5.32 Å². The number of carbonyl (C=O) groups is 1. The average Bonchev–Trinajstić information content (AvgIpc) is 2.41. The van der Waals surface area contributed by atoms with Crippen LogP contribution in [0.1, 0.15) is 15.9 Å². The highest BCUT2D eigenvalue weighted by Gasteiger charge is 2.06. The van der Waals surface area contributed by atoms with Crippen LogP contribution in [0.5, 0.6) is 0 Å². The van der Waals surface area contributed by atoms with E-state index in [0.717, 1.165) is 0 Å². The number of nitrogen functional groups attached to an aromatic ring is 1. The van der Waals surface area contributed by atoms with E-state index in [4.69, 9.17) is 5.73 Å². The van der Waals surface area contributed by atoms with Crippen LogP contribution in [-0.4, -0.2) is 12.3 Å². The maximum absolute atomic E-state index is 13.3. The fourth-order valence-electron chi connectivity index (χ4n) is 1.77. The Kier molecular flexibility index (Phi) is 4.26. The number of benzene rings is 2. The fourth-order valence-corrected chi connectivity index (χ4v) is 1.77. The molecule has 3 nitrogen and oxygen atoms in total. The zero-order valence-corrected chi connectivity index (χ0v) is 10.4. The van der Waals surface area contributed by atoms with Gasteiger partial charge in [0.05, 0.1) is 6.54 Å². The summed E-state index contributed by atoms with van der Waals surface area (Å²) >= 11 is 0. The molecule has 0 aliphatic heterocycles. The minimum atomic E-state index is -0.272. The van der Waals surface area contributed by atoms with Gasteiger partial charge < -0.3 is 11.1 Å². The minimum Gasteiger partial charge on any atom is -0.399 e. The Morgan fingerprint density at radius 2 is 1.95 bits per heavy atom. The standard InChI is InChI=1S/C15H15FN2O/c16-14-7-2-1-4-12(14)9-18-10-15(19)11-5-3-6-13(17)8-11/h1-8,18H,9-10,17H2. The van der Waals surface area contributed by atoms with E-state index in [-0.39, 0.29) is 18.1 Å². The van der Waals surface area contributed by atoms with E-state index in [2.05, 4.69) is 5.32 Å². The number of halogens is 1. The van der Waals surface area contributed by atoms with E-state index in [1.807, 2.05) is 0 Å². The number of nitrogens with two attached hydrogens (primary N) is 1. The third kappa shape index (κ3) is 3.63. The summed E-state index contributed by atoms with van der Waals surface area (Å²) in [5.41, 5.74) is 7.27. The van der Waals surface area contributed by atoms with Gasteiger partial charge in [-0.25, -0.2) is 4.39 Å². The molecule has 0 aliphatic rings. The second-order valence-corrected chi connectivity index (χ2v) is 4.24. The molecule has 0 bridgehead atoms. The number of ketones is 1. The predicted molar refractivity (Wildman–Crippen MR) is 73.3 cm³/mol. The molecule has 0 aliphatic carbocycles. The summed E-state index contributed by atoms with van der Waals surface area (Å²) in [7, 11) is 0. The van der Waals surface area contributed by atoms with E-state index in [1.54, 1.807) is 42.5 Å². The second-order valence-electron chi connectivity index (χ2n) is 4.24. The van der Waals surface area contributed by atoms with E-state index < -0.39 is 0 Å². The van der Waals surface area contributed by atoms with Gasteiger partial charge in [-0.05, 0) is 18.2 Å². The van der Waals surface area contributed by atoms with Crippen LogP contribution < -0.4 is 11.1 Å². The molecule has 0 fully saturated rings. The summed E-state index contributed by atoms with van der Waals surface area (Å²) in [6.07, 6.45) is 0. The molecular formula is C15H15FN2O. The topological polar surface area (TPSA) is 55.1 Å². The Hall–Kier alpha value is -2.20. The average molecular weight is 258 g/mol. The molecule has 2 aromatic rings. The lowest BCUT2D eigenvalue weighted by Crippen LogP contribution is -2.23. The van der Waals surface area contributed by atoms with Gasteiger partial charge in [-0.15, -0.1) is 0 Å². The number of nitrogens with one attached hydrogen (secondary N) is 1. The Balaban J connectivity index is 1.90. The normalized spacial score (nSPS) is 10.4. The Labute approximate surface area is 111 Å². The lowest BCUT2D eigenvalue weighted by atomic mass is 10.1. The van der Waals surface area contributed by atoms with Crippen molar-refractivity contribution in [1.29, 1.82) is 0 Å². The molecule has 2 rings (SSSR count). The summed E-state index contributed by atoms with van der Waals surface area (Å²) in [5.74, 6) is -0.338. The lowest BCUT2D eigenvalue weighted by Gasteiger charge is -2.06. The quantitative estimate of drug-likeness (QED) is 0.639. The highest BCUT2D eigenvalue weighted by Crippen LogP contribution is 2.08. The molecule has 0 atom stereocenters. The van der Waals surface area contributed by atoms with Crippen molar-refractivity contribution in [3.63, 3.8) is 0 Å². The summed E-state index contributed by atoms with van der Waals surface area (Å²) in [6, 6.07) is 13.3. The van der Waals surface area contributed by atoms with Gasteiger partial charge in [0.2, 0.25) is 0 Å². The van der Waals surface area contributed by atoms with Crippen LogP contribution in [-0.2, 0) is 6.54 Å². The molecule has 0 radical (unpaired) electrons. The van der Waals surface area contributed by atoms with Crippen LogP contribution in [0.4, 0.5) is 10.1 Å². The second kappa shape index (κ2) is 6.11. The van der Waals surface area contributed by atoms with Crippen molar-refractivity contribution in [2.45, 2.75) is 6.54 Å². The van der Waals surface area contributed by atoms with Crippen LogP contribution in [0.2, 0.25) is 0 Å². The maximum Gasteiger partial charge on any atom is 0.176 e. The van der Waals surface area contributed by atoms with E-state index in [9.17, 15) is 9.18 Å². The largest absolute Gasteiger partial charge is 0.399 e. The molecule has 3 N–H and O–H groups in total. The third-order valence-electron chi connectivity index (χ3n) is 2.77. The molecule has 0 saturated heterocycles. The minimum absolute atomic E-state index is 0.0661. The van der Waals surface area contributed by atoms with Crippen LogP contribution in [0.3, 0.4) is 0 Å². The zero-order chi connectivity index (χ0) is 13.7. The molecular weight excluding hydrogens is 243 g/mol. The molecule has 0 amide bonds. The highest BCUT2D eigenvalue weighted by atomic mass is 19.1. The van der Waals surface area contributed by atoms with Crippen molar-refractivity contribution in [3.05, 3.63) is 65.5 Å². The number of carbonyl (C=O) groups excluding carboxylic acids is 1. The van der Waals surface area contributed by atoms with Gasteiger partial charge in [-0.1, -0.05) is 30.3 Å². The number of anilines is 1. The molecule has 0 saturated carbocycles. The number of hydrogen-bond donors (Lipinski definition) is 2. The summed E-state index contributed by atoms with van der Waals surface area (Å²) < 4.78 is 13.3. The SMILES string of the molecule is Nc1cccc(C(=O)CNCc2ccccc2F)c1. The fraction of sp³-hybridized carbons (Fsp3) is 0.133. The van der Waals surface area contributed by atoms with Gasteiger partial charge in [0, 0.05) is 23.4 Å². The lowest BCUT2D eigenvalue weighted by molar-refractivity contribution is 0.0990. The van der Waals surface area contributed by atoms with Crippen molar-refractivity contribution >= 4 is 11.5 Å². The number of Topliss-reactive ketones (excluding diaryl/α,β-unsaturated/α-hetero) is 1. The van der Waals surface area contributed by atoms with Crippen LogP contribution in [0.15, 0.2) is 48.5 Å². The first kappa shape index (κ1) is 13.2. The Bertz CT molecular complexity index is 584. The maximum atomic E-state index is 13.3. The molecule has 4 heteroatoms. The van der Waals surface area contributed by atoms with Crippen molar-refractivity contribution in [3.8, 4) is 0 Å². The molecule has 0 aromatic heterocycles. The Morgan fingerprint density at radius 1 is 1.16 bits per heavy atom. The monoisotopic (exact) mass is 258 g/mol. The van der Waals surface area contributed by atoms with Gasteiger partial charge >= 0.3 is 0 Å². The van der Waals surface area contributed by atoms with E-state index in [0.29, 0.717) is 23.4 Å². The third-order valence-corrected chi connectivity index (χ3v) is 2.77. The highest BCUT2D eigenvalue weighted by molar-refractivity contribution is 5.98. The number of rotatable bonds is 5. The van der Waals surface area contributed by atoms with E-state index >= 15 is 0 Å². The Morgan fingerprint density at radius 3 is 2.68 bits per heavy atom. The van der Waals surface area contributed by atoms with Gasteiger partial charge in [-0.2, -0.15) is 0 Å². The molecule has 19 heavy (non-hydrogen) atoms. The van der Waals surface area contributed by atoms with Gasteiger partial charge in [0.25, 0.3) is 0 Å². The summed E-state index contributed by atoms with van der Waals surface area (Å²) in [5, 5.41) is 2.93. The first-order valence-electron chi connectivity index (χ1n) is 5.99. The number of hydrogen-bond acceptors (Lipinski definition) is 3. The molecule has 98 valence electrons. The van der Waals surface area contributed by atoms with Crippen molar-refractivity contribution < 1.29 is 9.18 Å². The predicted octanol–water partition coefficient (Wildman–Crippen LogP) is 2.38. The van der Waals surface area contributed by atoms with Crippen LogP contribution in [0, 0.1) is 5.82 Å². The van der Waals surface area contributed by atoms with Gasteiger partial charge in [0.1, 0.15) is 5.82 Å². The molecule has 0 unspecified atom stereocenters. The van der Waals surface area contributed by atoms with Crippen molar-refractivity contribution in [2.75, 3.05) is 12.3 Å².